The molecule has 0 atom stereocenters. The third kappa shape index (κ3) is 5.58. The molecule has 0 unspecified atom stereocenters. The first kappa shape index (κ1) is 22.9. The number of carbonyl (C=O) groups is 1. The van der Waals surface area contributed by atoms with Crippen molar-refractivity contribution in [2.45, 2.75) is 37.7 Å². The molecule has 2 heterocycles. The van der Waals surface area contributed by atoms with Gasteiger partial charge in [-0.2, -0.15) is 4.31 Å². The highest BCUT2D eigenvalue weighted by atomic mass is 32.2. The number of benzene rings is 2. The van der Waals surface area contributed by atoms with Gasteiger partial charge in [0.25, 0.3) is 5.91 Å². The van der Waals surface area contributed by atoms with E-state index in [9.17, 15) is 13.2 Å². The maximum absolute atomic E-state index is 13.1. The molecule has 1 saturated heterocycles. The number of ether oxygens (including phenoxy) is 1. The molecule has 8 heteroatoms. The van der Waals surface area contributed by atoms with Crippen LogP contribution in [0, 0.1) is 6.92 Å². The number of hydrogen-bond donors (Lipinski definition) is 1. The van der Waals surface area contributed by atoms with Crippen molar-refractivity contribution >= 4 is 21.6 Å². The van der Waals surface area contributed by atoms with Crippen molar-refractivity contribution < 1.29 is 17.9 Å². The SMILES string of the molecule is Cc1ccc(C(=O)Nc2cccc(OCc3ccccn3)c2)cc1S(=O)(=O)N1CCCCC1. The van der Waals surface area contributed by atoms with E-state index < -0.39 is 10.0 Å². The minimum atomic E-state index is -3.63. The molecule has 7 nitrogen and oxygen atoms in total. The maximum Gasteiger partial charge on any atom is 0.255 e. The summed E-state index contributed by atoms with van der Waals surface area (Å²) in [7, 11) is -3.63. The van der Waals surface area contributed by atoms with Crippen LogP contribution < -0.4 is 10.1 Å². The van der Waals surface area contributed by atoms with Gasteiger partial charge in [-0.1, -0.05) is 24.6 Å². The summed E-state index contributed by atoms with van der Waals surface area (Å²) in [4.78, 5) is 17.3. The van der Waals surface area contributed by atoms with Crippen LogP contribution in [0.1, 0.15) is 40.9 Å². The average molecular weight is 466 g/mol. The van der Waals surface area contributed by atoms with Crippen molar-refractivity contribution in [2.24, 2.45) is 0 Å². The molecule has 0 bridgehead atoms. The molecule has 0 aliphatic carbocycles. The van der Waals surface area contributed by atoms with Crippen LogP contribution in [0.4, 0.5) is 5.69 Å². The largest absolute Gasteiger partial charge is 0.487 e. The van der Waals surface area contributed by atoms with Crippen LogP contribution in [0.3, 0.4) is 0 Å². The molecule has 1 aliphatic rings. The monoisotopic (exact) mass is 465 g/mol. The number of carbonyl (C=O) groups excluding carboxylic acids is 1. The number of amides is 1. The van der Waals surface area contributed by atoms with E-state index in [1.165, 1.54) is 10.4 Å². The van der Waals surface area contributed by atoms with E-state index in [1.54, 1.807) is 49.5 Å². The summed E-state index contributed by atoms with van der Waals surface area (Å²) >= 11 is 0. The molecule has 0 radical (unpaired) electrons. The van der Waals surface area contributed by atoms with Gasteiger partial charge in [0.1, 0.15) is 12.4 Å². The van der Waals surface area contributed by atoms with E-state index in [-0.39, 0.29) is 16.4 Å². The molecule has 1 amide bonds. The van der Waals surface area contributed by atoms with Gasteiger partial charge in [-0.3, -0.25) is 9.78 Å². The number of hydrogen-bond acceptors (Lipinski definition) is 5. The van der Waals surface area contributed by atoms with Gasteiger partial charge in [0.05, 0.1) is 10.6 Å². The molecule has 3 aromatic rings. The molecular weight excluding hydrogens is 438 g/mol. The van der Waals surface area contributed by atoms with Gasteiger partial charge in [-0.15, -0.1) is 0 Å². The highest BCUT2D eigenvalue weighted by molar-refractivity contribution is 7.89. The molecule has 4 rings (SSSR count). The first-order valence-electron chi connectivity index (χ1n) is 11.0. The molecule has 1 aliphatic heterocycles. The molecule has 0 spiro atoms. The lowest BCUT2D eigenvalue weighted by molar-refractivity contribution is 0.102. The minimum absolute atomic E-state index is 0.185. The Balaban J connectivity index is 1.48. The highest BCUT2D eigenvalue weighted by Crippen LogP contribution is 2.25. The Labute approximate surface area is 194 Å². The van der Waals surface area contributed by atoms with Gasteiger partial charge in [-0.25, -0.2) is 8.42 Å². The maximum atomic E-state index is 13.1. The first-order valence-corrected chi connectivity index (χ1v) is 12.4. The Morgan fingerprint density at radius 3 is 2.61 bits per heavy atom. The molecule has 33 heavy (non-hydrogen) atoms. The van der Waals surface area contributed by atoms with Crippen LogP contribution >= 0.6 is 0 Å². The number of sulfonamides is 1. The van der Waals surface area contributed by atoms with Crippen molar-refractivity contribution in [1.29, 1.82) is 0 Å². The number of nitrogens with zero attached hydrogens (tertiary/aromatic N) is 2. The summed E-state index contributed by atoms with van der Waals surface area (Å²) in [6.45, 7) is 3.10. The number of anilines is 1. The van der Waals surface area contributed by atoms with Crippen LogP contribution in [-0.4, -0.2) is 36.7 Å². The van der Waals surface area contributed by atoms with Gasteiger partial charge < -0.3 is 10.1 Å². The number of aryl methyl sites for hydroxylation is 1. The molecule has 1 aromatic heterocycles. The van der Waals surface area contributed by atoms with E-state index in [0.717, 1.165) is 25.0 Å². The van der Waals surface area contributed by atoms with Gasteiger partial charge in [0.15, 0.2) is 0 Å². The van der Waals surface area contributed by atoms with Gasteiger partial charge in [-0.05, 0) is 61.7 Å². The average Bonchev–Trinajstić information content (AvgIpc) is 2.84. The lowest BCUT2D eigenvalue weighted by atomic mass is 10.1. The summed E-state index contributed by atoms with van der Waals surface area (Å²) in [6, 6.07) is 17.5. The second-order valence-electron chi connectivity index (χ2n) is 8.04. The van der Waals surface area contributed by atoms with Crippen LogP contribution in [0.25, 0.3) is 0 Å². The fraction of sp³-hybridized carbons (Fsp3) is 0.280. The fourth-order valence-electron chi connectivity index (χ4n) is 3.77. The van der Waals surface area contributed by atoms with Crippen LogP contribution in [0.5, 0.6) is 5.75 Å². The second-order valence-corrected chi connectivity index (χ2v) is 9.94. The van der Waals surface area contributed by atoms with Gasteiger partial charge >= 0.3 is 0 Å². The Morgan fingerprint density at radius 2 is 1.85 bits per heavy atom. The van der Waals surface area contributed by atoms with Crippen LogP contribution in [0.15, 0.2) is 71.8 Å². The number of piperidine rings is 1. The zero-order chi connectivity index (χ0) is 23.3. The third-order valence-electron chi connectivity index (χ3n) is 5.59. The standard InChI is InChI=1S/C25H27N3O4S/c1-19-11-12-20(16-24(19)33(30,31)28-14-5-2-6-15-28)25(29)27-21-9-7-10-23(17-21)32-18-22-8-3-4-13-26-22/h3-4,7-13,16-17H,2,5-6,14-15,18H2,1H3,(H,27,29). The van der Waals surface area contributed by atoms with Crippen LogP contribution in [0.2, 0.25) is 0 Å². The van der Waals surface area contributed by atoms with Crippen molar-refractivity contribution in [2.75, 3.05) is 18.4 Å². The molecule has 172 valence electrons. The lowest BCUT2D eigenvalue weighted by Crippen LogP contribution is -2.36. The van der Waals surface area contributed by atoms with Crippen molar-refractivity contribution in [1.82, 2.24) is 9.29 Å². The topological polar surface area (TPSA) is 88.6 Å². The summed E-state index contributed by atoms with van der Waals surface area (Å²) in [6.07, 6.45) is 4.46. The Bertz CT molecular complexity index is 1220. The number of rotatable bonds is 7. The van der Waals surface area contributed by atoms with Gasteiger partial charge in [0.2, 0.25) is 10.0 Å². The van der Waals surface area contributed by atoms with Crippen molar-refractivity contribution in [3.05, 3.63) is 83.7 Å². The molecule has 0 saturated carbocycles. The number of pyridine rings is 1. The smallest absolute Gasteiger partial charge is 0.255 e. The second kappa shape index (κ2) is 10.1. The van der Waals surface area contributed by atoms with Crippen molar-refractivity contribution in [3.63, 3.8) is 0 Å². The first-order chi connectivity index (χ1) is 15.9. The molecule has 1 fully saturated rings. The van der Waals surface area contributed by atoms with Crippen molar-refractivity contribution in [3.8, 4) is 5.75 Å². The number of nitrogens with one attached hydrogen (secondary N) is 1. The van der Waals surface area contributed by atoms with E-state index in [2.05, 4.69) is 10.3 Å². The summed E-state index contributed by atoms with van der Waals surface area (Å²) in [5.74, 6) is 0.211. The van der Waals surface area contributed by atoms with Crippen LogP contribution in [-0.2, 0) is 16.6 Å². The predicted octanol–water partition coefficient (Wildman–Crippen LogP) is 4.40. The molecular formula is C25H27N3O4S. The summed E-state index contributed by atoms with van der Waals surface area (Å²) < 4.78 is 33.6. The summed E-state index contributed by atoms with van der Waals surface area (Å²) in [5.41, 5.74) is 2.27. The predicted molar refractivity (Wildman–Crippen MR) is 127 cm³/mol. The van der Waals surface area contributed by atoms with E-state index >= 15 is 0 Å². The zero-order valence-corrected chi connectivity index (χ0v) is 19.3. The summed E-state index contributed by atoms with van der Waals surface area (Å²) in [5, 5.41) is 2.83. The molecule has 2 aromatic carbocycles. The number of aromatic nitrogens is 1. The Morgan fingerprint density at radius 1 is 1.03 bits per heavy atom. The quantitative estimate of drug-likeness (QED) is 0.559. The Hall–Kier alpha value is -3.23. The zero-order valence-electron chi connectivity index (χ0n) is 18.5. The highest BCUT2D eigenvalue weighted by Gasteiger charge is 2.28. The normalized spacial score (nSPS) is 14.6. The lowest BCUT2D eigenvalue weighted by Gasteiger charge is -2.26. The van der Waals surface area contributed by atoms with E-state index in [1.807, 2.05) is 18.2 Å². The van der Waals surface area contributed by atoms with E-state index in [0.29, 0.717) is 36.7 Å². The minimum Gasteiger partial charge on any atom is -0.487 e. The Kier molecular flexibility index (Phi) is 7.05. The molecule has 1 N–H and O–H groups in total. The van der Waals surface area contributed by atoms with E-state index in [4.69, 9.17) is 4.74 Å². The third-order valence-corrected chi connectivity index (χ3v) is 7.63. The fourth-order valence-corrected chi connectivity index (χ4v) is 5.54. The van der Waals surface area contributed by atoms with Gasteiger partial charge in [0, 0.05) is 36.6 Å².